The third-order valence-corrected chi connectivity index (χ3v) is 4.03. The lowest BCUT2D eigenvalue weighted by Gasteiger charge is -2.09. The van der Waals surface area contributed by atoms with Crippen LogP contribution >= 0.6 is 47.8 Å². The van der Waals surface area contributed by atoms with Crippen molar-refractivity contribution in [2.75, 3.05) is 5.32 Å². The molecule has 0 aliphatic heterocycles. The normalized spacial score (nSPS) is 10.3. The molecule has 3 nitrogen and oxygen atoms in total. The van der Waals surface area contributed by atoms with Gasteiger partial charge in [-0.3, -0.25) is 4.79 Å². The second-order valence-corrected chi connectivity index (χ2v) is 6.43. The van der Waals surface area contributed by atoms with Gasteiger partial charge in [0.05, 0.1) is 11.3 Å². The number of hydrogen-bond acceptors (Lipinski definition) is 2. The second-order valence-electron chi connectivity index (χ2n) is 3.74. The smallest absolute Gasteiger partial charge is 0.259 e. The van der Waals surface area contributed by atoms with Crippen LogP contribution in [0.5, 0.6) is 5.75 Å². The maximum Gasteiger partial charge on any atom is 0.259 e. The molecule has 0 saturated carbocycles. The fraction of sp³-hybridized carbons (Fsp3) is 0. The minimum atomic E-state index is -0.368. The van der Waals surface area contributed by atoms with E-state index < -0.39 is 0 Å². The van der Waals surface area contributed by atoms with E-state index in [9.17, 15) is 9.90 Å². The average molecular weight is 450 g/mol. The molecule has 0 radical (unpaired) electrons. The molecule has 19 heavy (non-hydrogen) atoms. The highest BCUT2D eigenvalue weighted by Crippen LogP contribution is 2.28. The number of anilines is 1. The zero-order valence-corrected chi connectivity index (χ0v) is 14.2. The van der Waals surface area contributed by atoms with Crippen molar-refractivity contribution in [2.24, 2.45) is 0 Å². The van der Waals surface area contributed by atoms with Crippen molar-refractivity contribution >= 4 is 59.4 Å². The Morgan fingerprint density at radius 2 is 1.63 bits per heavy atom. The molecular weight excluding hydrogens is 442 g/mol. The number of hydrogen-bond donors (Lipinski definition) is 2. The molecular formula is C13H8Br3NO2. The largest absolute Gasteiger partial charge is 0.507 e. The molecule has 0 bridgehead atoms. The van der Waals surface area contributed by atoms with Gasteiger partial charge in [-0.05, 0) is 52.3 Å². The molecule has 98 valence electrons. The molecule has 0 saturated heterocycles. The predicted octanol–water partition coefficient (Wildman–Crippen LogP) is 4.93. The molecule has 0 aliphatic carbocycles. The lowest BCUT2D eigenvalue weighted by Crippen LogP contribution is -2.12. The summed E-state index contributed by atoms with van der Waals surface area (Å²) in [5, 5.41) is 12.5. The third-order valence-electron chi connectivity index (χ3n) is 2.38. The van der Waals surface area contributed by atoms with Gasteiger partial charge < -0.3 is 10.4 Å². The first kappa shape index (κ1) is 14.6. The maximum absolute atomic E-state index is 12.1. The monoisotopic (exact) mass is 447 g/mol. The quantitative estimate of drug-likeness (QED) is 0.682. The van der Waals surface area contributed by atoms with Crippen molar-refractivity contribution in [3.63, 3.8) is 0 Å². The van der Waals surface area contributed by atoms with Gasteiger partial charge in [0.15, 0.2) is 0 Å². The van der Waals surface area contributed by atoms with Crippen LogP contribution in [0.15, 0.2) is 49.8 Å². The van der Waals surface area contributed by atoms with Crippen molar-refractivity contribution in [1.82, 2.24) is 0 Å². The first-order chi connectivity index (χ1) is 8.97. The van der Waals surface area contributed by atoms with E-state index in [1.54, 1.807) is 18.2 Å². The molecule has 6 heteroatoms. The summed E-state index contributed by atoms with van der Waals surface area (Å²) in [6.45, 7) is 0. The lowest BCUT2D eigenvalue weighted by molar-refractivity contribution is 0.102. The van der Waals surface area contributed by atoms with Crippen LogP contribution < -0.4 is 5.32 Å². The summed E-state index contributed by atoms with van der Waals surface area (Å²) in [5.74, 6) is -0.437. The Hall–Kier alpha value is -0.850. The van der Waals surface area contributed by atoms with Gasteiger partial charge in [-0.15, -0.1) is 0 Å². The lowest BCUT2D eigenvalue weighted by atomic mass is 10.2. The topological polar surface area (TPSA) is 49.3 Å². The zero-order valence-electron chi connectivity index (χ0n) is 9.45. The molecule has 0 unspecified atom stereocenters. The Bertz CT molecular complexity index is 644. The van der Waals surface area contributed by atoms with E-state index in [0.717, 1.165) is 8.95 Å². The van der Waals surface area contributed by atoms with Crippen molar-refractivity contribution in [2.45, 2.75) is 0 Å². The number of halogens is 3. The molecule has 0 aliphatic rings. The summed E-state index contributed by atoms with van der Waals surface area (Å²) in [5.41, 5.74) is 0.855. The minimum absolute atomic E-state index is 0.0693. The molecule has 0 atom stereocenters. The summed E-state index contributed by atoms with van der Waals surface area (Å²) in [6.07, 6.45) is 0. The van der Waals surface area contributed by atoms with Gasteiger partial charge in [-0.25, -0.2) is 0 Å². The average Bonchev–Trinajstić information content (AvgIpc) is 2.32. The van der Waals surface area contributed by atoms with E-state index in [2.05, 4.69) is 53.1 Å². The first-order valence-electron chi connectivity index (χ1n) is 5.22. The number of phenolic OH excluding ortho intramolecular Hbond substituents is 1. The van der Waals surface area contributed by atoms with Crippen molar-refractivity contribution in [3.8, 4) is 5.75 Å². The highest BCUT2D eigenvalue weighted by Gasteiger charge is 2.12. The molecule has 2 aromatic rings. The van der Waals surface area contributed by atoms with Crippen molar-refractivity contribution in [1.29, 1.82) is 0 Å². The Balaban J connectivity index is 2.25. The van der Waals surface area contributed by atoms with Gasteiger partial charge in [0.25, 0.3) is 5.91 Å². The van der Waals surface area contributed by atoms with Crippen LogP contribution in [0.25, 0.3) is 0 Å². The van der Waals surface area contributed by atoms with Crippen LogP contribution in [0.3, 0.4) is 0 Å². The van der Waals surface area contributed by atoms with Gasteiger partial charge >= 0.3 is 0 Å². The second kappa shape index (κ2) is 6.07. The third kappa shape index (κ3) is 3.58. The van der Waals surface area contributed by atoms with Gasteiger partial charge in [0.2, 0.25) is 0 Å². The van der Waals surface area contributed by atoms with E-state index in [4.69, 9.17) is 0 Å². The number of carbonyl (C=O) groups is 1. The van der Waals surface area contributed by atoms with E-state index in [-0.39, 0.29) is 17.2 Å². The van der Waals surface area contributed by atoms with Crippen molar-refractivity contribution < 1.29 is 9.90 Å². The van der Waals surface area contributed by atoms with Gasteiger partial charge in [-0.1, -0.05) is 31.9 Å². The Morgan fingerprint density at radius 3 is 2.26 bits per heavy atom. The Labute approximate surface area is 135 Å². The van der Waals surface area contributed by atoms with E-state index in [1.165, 1.54) is 6.07 Å². The number of nitrogens with one attached hydrogen (secondary N) is 1. The molecule has 0 spiro atoms. The van der Waals surface area contributed by atoms with Gasteiger partial charge in [0.1, 0.15) is 5.75 Å². The number of benzene rings is 2. The zero-order chi connectivity index (χ0) is 14.0. The van der Waals surface area contributed by atoms with E-state index >= 15 is 0 Å². The van der Waals surface area contributed by atoms with E-state index in [1.807, 2.05) is 12.1 Å². The first-order valence-corrected chi connectivity index (χ1v) is 7.60. The number of phenols is 1. The van der Waals surface area contributed by atoms with E-state index in [0.29, 0.717) is 10.2 Å². The maximum atomic E-state index is 12.1. The van der Waals surface area contributed by atoms with Gasteiger partial charge in [-0.2, -0.15) is 0 Å². The number of aromatic hydroxyl groups is 1. The SMILES string of the molecule is O=C(Nc1ccc(Br)cc1Br)c1ccc(Br)cc1O. The fourth-order valence-electron chi connectivity index (χ4n) is 1.48. The van der Waals surface area contributed by atoms with Crippen LogP contribution in [0.2, 0.25) is 0 Å². The molecule has 2 aromatic carbocycles. The molecule has 0 heterocycles. The number of carbonyl (C=O) groups excluding carboxylic acids is 1. The molecule has 0 fully saturated rings. The van der Waals surface area contributed by atoms with Crippen molar-refractivity contribution in [3.05, 3.63) is 55.4 Å². The summed E-state index contributed by atoms with van der Waals surface area (Å²) >= 11 is 9.93. The Morgan fingerprint density at radius 1 is 1.00 bits per heavy atom. The molecule has 2 N–H and O–H groups in total. The minimum Gasteiger partial charge on any atom is -0.507 e. The Kier molecular flexibility index (Phi) is 4.65. The van der Waals surface area contributed by atoms with Crippen LogP contribution in [0.4, 0.5) is 5.69 Å². The van der Waals surface area contributed by atoms with Crippen LogP contribution in [-0.4, -0.2) is 11.0 Å². The molecule has 2 rings (SSSR count). The highest BCUT2D eigenvalue weighted by molar-refractivity contribution is 9.11. The predicted molar refractivity (Wildman–Crippen MR) is 85.6 cm³/mol. The summed E-state index contributed by atoms with van der Waals surface area (Å²) in [6, 6.07) is 10.2. The van der Waals surface area contributed by atoms with Crippen LogP contribution in [0.1, 0.15) is 10.4 Å². The molecule has 0 aromatic heterocycles. The summed E-state index contributed by atoms with van der Waals surface area (Å²) in [4.78, 5) is 12.1. The molecule has 1 amide bonds. The number of rotatable bonds is 2. The summed E-state index contributed by atoms with van der Waals surface area (Å²) < 4.78 is 2.38. The van der Waals surface area contributed by atoms with Gasteiger partial charge in [0, 0.05) is 13.4 Å². The van der Waals surface area contributed by atoms with Crippen LogP contribution in [-0.2, 0) is 0 Å². The standard InChI is InChI=1S/C13H8Br3NO2/c14-7-2-4-11(10(16)5-7)17-13(19)9-3-1-8(15)6-12(9)18/h1-6,18H,(H,17,19). The number of amides is 1. The van der Waals surface area contributed by atoms with Crippen LogP contribution in [0, 0.1) is 0 Å². The highest BCUT2D eigenvalue weighted by atomic mass is 79.9. The summed E-state index contributed by atoms with van der Waals surface area (Å²) in [7, 11) is 0. The fourth-order valence-corrected chi connectivity index (χ4v) is 2.97.